The van der Waals surface area contributed by atoms with Crippen molar-refractivity contribution in [3.8, 4) is 17.2 Å². The van der Waals surface area contributed by atoms with E-state index >= 15 is 0 Å². The number of hydrogen-bond acceptors (Lipinski definition) is 5. The first-order valence-electron chi connectivity index (χ1n) is 9.24. The molecule has 1 unspecified atom stereocenters. The Morgan fingerprint density at radius 3 is 2.74 bits per heavy atom. The number of nitrogens with zero attached hydrogens (tertiary/aromatic N) is 3. The molecular formula is C21H23N3O2S. The third-order valence-corrected chi connectivity index (χ3v) is 5.37. The number of likely N-dealkylation sites (tertiary alicyclic amines) is 1. The second kappa shape index (κ2) is 8.06. The Morgan fingerprint density at radius 2 is 1.93 bits per heavy atom. The number of methoxy groups -OCH3 is 1. The minimum absolute atomic E-state index is 0.390. The quantitative estimate of drug-likeness (QED) is 0.586. The standard InChI is InChI=1S/C21H23N3O2S/c1-25-19-12-6-5-11-18(19)20-22-24(21(27)26-20)15-23-13-7-10-17(23)14-16-8-3-2-4-9-16/h2-6,8-9,11-12,17H,7,10,13-15H2,1H3. The molecule has 0 radical (unpaired) electrons. The van der Waals surface area contributed by atoms with E-state index in [0.717, 1.165) is 24.3 Å². The highest BCUT2D eigenvalue weighted by molar-refractivity contribution is 7.71. The smallest absolute Gasteiger partial charge is 0.288 e. The van der Waals surface area contributed by atoms with Crippen LogP contribution in [0, 0.1) is 4.84 Å². The van der Waals surface area contributed by atoms with Crippen LogP contribution >= 0.6 is 12.2 Å². The van der Waals surface area contributed by atoms with Crippen molar-refractivity contribution in [2.24, 2.45) is 0 Å². The zero-order chi connectivity index (χ0) is 18.6. The fraction of sp³-hybridized carbons (Fsp3) is 0.333. The molecule has 0 amide bonds. The second-order valence-corrected chi connectivity index (χ2v) is 7.16. The van der Waals surface area contributed by atoms with Crippen LogP contribution in [0.15, 0.2) is 59.0 Å². The Labute approximate surface area is 164 Å². The molecule has 1 atom stereocenters. The number of benzene rings is 2. The van der Waals surface area contributed by atoms with Crippen molar-refractivity contribution >= 4 is 12.2 Å². The monoisotopic (exact) mass is 381 g/mol. The van der Waals surface area contributed by atoms with Crippen LogP contribution in [-0.2, 0) is 13.1 Å². The van der Waals surface area contributed by atoms with Crippen molar-refractivity contribution in [3.63, 3.8) is 0 Å². The fourth-order valence-corrected chi connectivity index (χ4v) is 3.87. The van der Waals surface area contributed by atoms with Crippen LogP contribution in [0.5, 0.6) is 5.75 Å². The topological polar surface area (TPSA) is 43.4 Å². The van der Waals surface area contributed by atoms with Gasteiger partial charge in [-0.05, 0) is 49.2 Å². The molecular weight excluding hydrogens is 358 g/mol. The van der Waals surface area contributed by atoms with Crippen molar-refractivity contribution in [1.82, 2.24) is 14.7 Å². The molecule has 3 aromatic rings. The van der Waals surface area contributed by atoms with Gasteiger partial charge in [-0.1, -0.05) is 42.5 Å². The maximum atomic E-state index is 5.77. The number of para-hydroxylation sites is 1. The highest BCUT2D eigenvalue weighted by Gasteiger charge is 2.26. The maximum Gasteiger partial charge on any atom is 0.288 e. The Kier molecular flexibility index (Phi) is 5.36. The summed E-state index contributed by atoms with van der Waals surface area (Å²) in [7, 11) is 1.64. The van der Waals surface area contributed by atoms with Gasteiger partial charge in [0.05, 0.1) is 19.3 Å². The van der Waals surface area contributed by atoms with E-state index in [2.05, 4.69) is 40.3 Å². The predicted octanol–water partition coefficient (Wildman–Crippen LogP) is 4.55. The molecule has 0 spiro atoms. The van der Waals surface area contributed by atoms with Gasteiger partial charge >= 0.3 is 0 Å². The number of ether oxygens (including phenoxy) is 1. The van der Waals surface area contributed by atoms with Gasteiger partial charge in [0.25, 0.3) is 10.7 Å². The zero-order valence-corrected chi connectivity index (χ0v) is 16.2. The van der Waals surface area contributed by atoms with Gasteiger partial charge in [-0.15, -0.1) is 5.10 Å². The van der Waals surface area contributed by atoms with Crippen LogP contribution < -0.4 is 4.74 Å². The van der Waals surface area contributed by atoms with E-state index in [1.807, 2.05) is 24.3 Å². The minimum atomic E-state index is 0.390. The summed E-state index contributed by atoms with van der Waals surface area (Å²) in [6.07, 6.45) is 3.44. The lowest BCUT2D eigenvalue weighted by atomic mass is 10.0. The lowest BCUT2D eigenvalue weighted by molar-refractivity contribution is 0.185. The molecule has 0 saturated carbocycles. The van der Waals surface area contributed by atoms with Crippen LogP contribution in [0.2, 0.25) is 0 Å². The molecule has 0 aliphatic carbocycles. The first-order chi connectivity index (χ1) is 13.2. The summed E-state index contributed by atoms with van der Waals surface area (Å²) in [4.78, 5) is 2.83. The first kappa shape index (κ1) is 17.9. The normalized spacial score (nSPS) is 17.3. The summed E-state index contributed by atoms with van der Waals surface area (Å²) in [5.74, 6) is 1.22. The molecule has 1 fully saturated rings. The summed E-state index contributed by atoms with van der Waals surface area (Å²) >= 11 is 5.42. The molecule has 140 valence electrons. The molecule has 4 rings (SSSR count). The van der Waals surface area contributed by atoms with E-state index in [1.54, 1.807) is 11.8 Å². The zero-order valence-electron chi connectivity index (χ0n) is 15.4. The molecule has 1 aromatic heterocycles. The van der Waals surface area contributed by atoms with E-state index in [0.29, 0.717) is 23.4 Å². The van der Waals surface area contributed by atoms with Gasteiger partial charge in [-0.25, -0.2) is 4.68 Å². The van der Waals surface area contributed by atoms with Crippen molar-refractivity contribution in [2.75, 3.05) is 13.7 Å². The van der Waals surface area contributed by atoms with Gasteiger partial charge < -0.3 is 9.15 Å². The SMILES string of the molecule is COc1ccccc1-c1nn(CN2CCCC2Cc2ccccc2)c(=S)o1. The van der Waals surface area contributed by atoms with Gasteiger partial charge in [0, 0.05) is 12.6 Å². The van der Waals surface area contributed by atoms with Crippen LogP contribution in [0.4, 0.5) is 0 Å². The Hall–Kier alpha value is -2.44. The van der Waals surface area contributed by atoms with E-state index in [1.165, 1.54) is 18.4 Å². The van der Waals surface area contributed by atoms with Crippen LogP contribution in [0.3, 0.4) is 0 Å². The number of aromatic nitrogens is 2. The third-order valence-electron chi connectivity index (χ3n) is 5.07. The van der Waals surface area contributed by atoms with Crippen molar-refractivity contribution in [2.45, 2.75) is 32.0 Å². The molecule has 1 aliphatic rings. The molecule has 6 heteroatoms. The van der Waals surface area contributed by atoms with Gasteiger partial charge in [0.2, 0.25) is 0 Å². The largest absolute Gasteiger partial charge is 0.496 e. The van der Waals surface area contributed by atoms with E-state index < -0.39 is 0 Å². The van der Waals surface area contributed by atoms with Gasteiger partial charge in [0.1, 0.15) is 5.75 Å². The lowest BCUT2D eigenvalue weighted by Gasteiger charge is -2.23. The van der Waals surface area contributed by atoms with E-state index in [4.69, 9.17) is 21.4 Å². The van der Waals surface area contributed by atoms with E-state index in [-0.39, 0.29) is 0 Å². The van der Waals surface area contributed by atoms with E-state index in [9.17, 15) is 0 Å². The molecule has 0 bridgehead atoms. The highest BCUT2D eigenvalue weighted by atomic mass is 32.1. The van der Waals surface area contributed by atoms with Crippen LogP contribution in [0.1, 0.15) is 18.4 Å². The van der Waals surface area contributed by atoms with Crippen molar-refractivity contribution < 1.29 is 9.15 Å². The van der Waals surface area contributed by atoms with Crippen LogP contribution in [0.25, 0.3) is 11.5 Å². The summed E-state index contributed by atoms with van der Waals surface area (Å²) in [5, 5.41) is 4.62. The summed E-state index contributed by atoms with van der Waals surface area (Å²) in [6, 6.07) is 18.8. The third kappa shape index (κ3) is 3.96. The van der Waals surface area contributed by atoms with Crippen molar-refractivity contribution in [1.29, 1.82) is 0 Å². The van der Waals surface area contributed by atoms with Gasteiger partial charge in [-0.2, -0.15) is 0 Å². The summed E-state index contributed by atoms with van der Waals surface area (Å²) < 4.78 is 13.0. The Balaban J connectivity index is 1.52. The van der Waals surface area contributed by atoms with Gasteiger partial charge in [0.15, 0.2) is 0 Å². The number of rotatable bonds is 6. The Morgan fingerprint density at radius 1 is 1.15 bits per heavy atom. The maximum absolute atomic E-state index is 5.77. The number of hydrogen-bond donors (Lipinski definition) is 0. The first-order valence-corrected chi connectivity index (χ1v) is 9.65. The van der Waals surface area contributed by atoms with Crippen molar-refractivity contribution in [3.05, 3.63) is 65.0 Å². The second-order valence-electron chi connectivity index (χ2n) is 6.81. The Bertz CT molecular complexity index is 951. The molecule has 5 nitrogen and oxygen atoms in total. The molecule has 2 heterocycles. The average Bonchev–Trinajstić information content (AvgIpc) is 3.29. The molecule has 1 saturated heterocycles. The van der Waals surface area contributed by atoms with Gasteiger partial charge in [-0.3, -0.25) is 4.90 Å². The average molecular weight is 382 g/mol. The predicted molar refractivity (Wildman–Crippen MR) is 107 cm³/mol. The molecule has 1 aliphatic heterocycles. The summed E-state index contributed by atoms with van der Waals surface area (Å²) in [5.41, 5.74) is 2.18. The van der Waals surface area contributed by atoms with Crippen LogP contribution in [-0.4, -0.2) is 34.4 Å². The molecule has 27 heavy (non-hydrogen) atoms. The molecule has 2 aromatic carbocycles. The fourth-order valence-electron chi connectivity index (χ4n) is 3.70. The lowest BCUT2D eigenvalue weighted by Crippen LogP contribution is -2.33. The minimum Gasteiger partial charge on any atom is -0.496 e. The highest BCUT2D eigenvalue weighted by Crippen LogP contribution is 2.29. The summed E-state index contributed by atoms with van der Waals surface area (Å²) in [6.45, 7) is 1.70. The molecule has 0 N–H and O–H groups in total.